The number of aliphatic hydroxyl groups excluding tert-OH is 1. The van der Waals surface area contributed by atoms with E-state index in [0.717, 1.165) is 0 Å². The van der Waals surface area contributed by atoms with Crippen LogP contribution in [0.2, 0.25) is 0 Å². The van der Waals surface area contributed by atoms with Crippen molar-refractivity contribution in [2.45, 2.75) is 19.4 Å². The molecule has 1 heterocycles. The van der Waals surface area contributed by atoms with Gasteiger partial charge in [0.05, 0.1) is 0 Å². The molecule has 0 spiro atoms. The van der Waals surface area contributed by atoms with Gasteiger partial charge in [0.2, 0.25) is 0 Å². The van der Waals surface area contributed by atoms with E-state index in [0.29, 0.717) is 18.9 Å². The Balaban J connectivity index is 2.40. The number of aliphatic carboxylic acids is 1. The van der Waals surface area contributed by atoms with E-state index in [1.807, 2.05) is 6.92 Å². The molecule has 3 atom stereocenters. The number of carboxylic acid groups (broad SMARTS) is 1. The second kappa shape index (κ2) is 3.87. The Hall–Kier alpha value is -0.610. The summed E-state index contributed by atoms with van der Waals surface area (Å²) in [7, 11) is 0. The summed E-state index contributed by atoms with van der Waals surface area (Å²) in [6, 6.07) is -0.413. The van der Waals surface area contributed by atoms with Crippen molar-refractivity contribution in [3.63, 3.8) is 0 Å². The standard InChI is InChI=1S/C8H15NO3/c1-5(4-10)6-2-7(8(11)12)9-3-6/h5-7,9-10H,2-4H2,1H3,(H,11,12). The SMILES string of the molecule is CC(CO)C1CNC(C(=O)O)C1. The third-order valence-electron chi connectivity index (χ3n) is 2.56. The summed E-state index contributed by atoms with van der Waals surface area (Å²) in [6.07, 6.45) is 0.636. The van der Waals surface area contributed by atoms with Crippen molar-refractivity contribution < 1.29 is 15.0 Å². The average Bonchev–Trinajstić information content (AvgIpc) is 2.51. The van der Waals surface area contributed by atoms with Crippen LogP contribution in [0.25, 0.3) is 0 Å². The van der Waals surface area contributed by atoms with E-state index in [2.05, 4.69) is 5.32 Å². The van der Waals surface area contributed by atoms with Gasteiger partial charge in [-0.1, -0.05) is 6.92 Å². The van der Waals surface area contributed by atoms with Crippen LogP contribution in [0.15, 0.2) is 0 Å². The zero-order valence-electron chi connectivity index (χ0n) is 7.16. The van der Waals surface area contributed by atoms with Crippen molar-refractivity contribution in [1.29, 1.82) is 0 Å². The molecule has 0 bridgehead atoms. The number of nitrogens with one attached hydrogen (secondary N) is 1. The van der Waals surface area contributed by atoms with Crippen LogP contribution in [0.4, 0.5) is 0 Å². The first-order chi connectivity index (χ1) is 5.65. The van der Waals surface area contributed by atoms with Gasteiger partial charge in [0.1, 0.15) is 6.04 Å². The van der Waals surface area contributed by atoms with Gasteiger partial charge in [-0.2, -0.15) is 0 Å². The highest BCUT2D eigenvalue weighted by Gasteiger charge is 2.31. The third-order valence-corrected chi connectivity index (χ3v) is 2.56. The second-order valence-corrected chi connectivity index (χ2v) is 3.45. The van der Waals surface area contributed by atoms with E-state index < -0.39 is 12.0 Å². The van der Waals surface area contributed by atoms with Crippen molar-refractivity contribution in [3.05, 3.63) is 0 Å². The lowest BCUT2D eigenvalue weighted by atomic mass is 9.92. The Labute approximate surface area is 71.6 Å². The molecule has 0 radical (unpaired) electrons. The molecule has 0 aliphatic carbocycles. The number of carbonyl (C=O) groups is 1. The van der Waals surface area contributed by atoms with Crippen LogP contribution < -0.4 is 5.32 Å². The van der Waals surface area contributed by atoms with E-state index in [4.69, 9.17) is 10.2 Å². The van der Waals surface area contributed by atoms with E-state index in [-0.39, 0.29) is 12.5 Å². The van der Waals surface area contributed by atoms with Gasteiger partial charge < -0.3 is 15.5 Å². The molecule has 4 heteroatoms. The van der Waals surface area contributed by atoms with Crippen LogP contribution >= 0.6 is 0 Å². The molecule has 1 aliphatic rings. The molecule has 3 unspecified atom stereocenters. The van der Waals surface area contributed by atoms with Crippen LogP contribution in [0.1, 0.15) is 13.3 Å². The van der Waals surface area contributed by atoms with Gasteiger partial charge >= 0.3 is 5.97 Å². The quantitative estimate of drug-likeness (QED) is 0.547. The molecule has 4 nitrogen and oxygen atoms in total. The summed E-state index contributed by atoms with van der Waals surface area (Å²) >= 11 is 0. The van der Waals surface area contributed by atoms with Crippen LogP contribution in [0, 0.1) is 11.8 Å². The fourth-order valence-electron chi connectivity index (χ4n) is 1.53. The number of carboxylic acids is 1. The summed E-state index contributed by atoms with van der Waals surface area (Å²) in [4.78, 5) is 10.5. The molecular formula is C8H15NO3. The second-order valence-electron chi connectivity index (χ2n) is 3.45. The minimum Gasteiger partial charge on any atom is -0.480 e. The molecule has 0 aromatic rings. The maximum Gasteiger partial charge on any atom is 0.320 e. The summed E-state index contributed by atoms with van der Waals surface area (Å²) < 4.78 is 0. The summed E-state index contributed by atoms with van der Waals surface area (Å²) in [5, 5.41) is 20.4. The van der Waals surface area contributed by atoms with E-state index in [9.17, 15) is 4.79 Å². The third kappa shape index (κ3) is 1.95. The number of aliphatic hydroxyl groups is 1. The predicted octanol–water partition coefficient (Wildman–Crippen LogP) is -0.323. The monoisotopic (exact) mass is 173 g/mol. The largest absolute Gasteiger partial charge is 0.480 e. The highest BCUT2D eigenvalue weighted by Crippen LogP contribution is 2.21. The first-order valence-corrected chi connectivity index (χ1v) is 4.22. The topological polar surface area (TPSA) is 69.6 Å². The van der Waals surface area contributed by atoms with Crippen molar-refractivity contribution in [1.82, 2.24) is 5.32 Å². The minimum absolute atomic E-state index is 0.138. The van der Waals surface area contributed by atoms with Crippen LogP contribution in [-0.4, -0.2) is 35.4 Å². The average molecular weight is 173 g/mol. The number of rotatable bonds is 3. The minimum atomic E-state index is -0.789. The van der Waals surface area contributed by atoms with E-state index >= 15 is 0 Å². The van der Waals surface area contributed by atoms with Crippen LogP contribution in [-0.2, 0) is 4.79 Å². The molecule has 0 saturated carbocycles. The normalized spacial score (nSPS) is 31.8. The van der Waals surface area contributed by atoms with Gasteiger partial charge in [-0.15, -0.1) is 0 Å². The molecule has 12 heavy (non-hydrogen) atoms. The molecular weight excluding hydrogens is 158 g/mol. The van der Waals surface area contributed by atoms with E-state index in [1.54, 1.807) is 0 Å². The summed E-state index contributed by atoms with van der Waals surface area (Å²) in [5.41, 5.74) is 0. The maximum absolute atomic E-state index is 10.5. The predicted molar refractivity (Wildman–Crippen MR) is 43.8 cm³/mol. The fourth-order valence-corrected chi connectivity index (χ4v) is 1.53. The zero-order chi connectivity index (χ0) is 9.14. The lowest BCUT2D eigenvalue weighted by Gasteiger charge is -2.14. The number of hydrogen-bond donors (Lipinski definition) is 3. The van der Waals surface area contributed by atoms with Gasteiger partial charge in [-0.05, 0) is 24.8 Å². The van der Waals surface area contributed by atoms with Crippen LogP contribution in [0.5, 0.6) is 0 Å². The van der Waals surface area contributed by atoms with Crippen molar-refractivity contribution in [2.24, 2.45) is 11.8 Å². The Morgan fingerprint density at radius 1 is 1.75 bits per heavy atom. The molecule has 1 fully saturated rings. The van der Waals surface area contributed by atoms with Gasteiger partial charge in [0, 0.05) is 6.61 Å². The summed E-state index contributed by atoms with van der Waals surface area (Å²) in [5.74, 6) is -0.291. The van der Waals surface area contributed by atoms with Gasteiger partial charge in [-0.25, -0.2) is 0 Å². The molecule has 1 rings (SSSR count). The van der Waals surface area contributed by atoms with Crippen molar-refractivity contribution >= 4 is 5.97 Å². The highest BCUT2D eigenvalue weighted by molar-refractivity contribution is 5.73. The molecule has 3 N–H and O–H groups in total. The lowest BCUT2D eigenvalue weighted by Crippen LogP contribution is -2.29. The first-order valence-electron chi connectivity index (χ1n) is 4.22. The van der Waals surface area contributed by atoms with Gasteiger partial charge in [0.15, 0.2) is 0 Å². The zero-order valence-corrected chi connectivity index (χ0v) is 7.16. The molecule has 0 aromatic heterocycles. The Morgan fingerprint density at radius 3 is 2.83 bits per heavy atom. The first kappa shape index (κ1) is 9.48. The Bertz CT molecular complexity index is 172. The highest BCUT2D eigenvalue weighted by atomic mass is 16.4. The molecule has 1 saturated heterocycles. The van der Waals surface area contributed by atoms with Crippen LogP contribution in [0.3, 0.4) is 0 Å². The Kier molecular flexibility index (Phi) is 3.05. The lowest BCUT2D eigenvalue weighted by molar-refractivity contribution is -0.139. The molecule has 1 aliphatic heterocycles. The van der Waals surface area contributed by atoms with E-state index in [1.165, 1.54) is 0 Å². The molecule has 70 valence electrons. The maximum atomic E-state index is 10.5. The molecule has 0 aromatic carbocycles. The van der Waals surface area contributed by atoms with Crippen molar-refractivity contribution in [3.8, 4) is 0 Å². The molecule has 0 amide bonds. The number of hydrogen-bond acceptors (Lipinski definition) is 3. The van der Waals surface area contributed by atoms with Crippen molar-refractivity contribution in [2.75, 3.05) is 13.2 Å². The van der Waals surface area contributed by atoms with Gasteiger partial charge in [-0.3, -0.25) is 4.79 Å². The van der Waals surface area contributed by atoms with Gasteiger partial charge in [0.25, 0.3) is 0 Å². The smallest absolute Gasteiger partial charge is 0.320 e. The fraction of sp³-hybridized carbons (Fsp3) is 0.875. The Morgan fingerprint density at radius 2 is 2.42 bits per heavy atom. The summed E-state index contributed by atoms with van der Waals surface area (Å²) in [6.45, 7) is 2.79.